The molecule has 0 spiro atoms. The zero-order chi connectivity index (χ0) is 18.4. The van der Waals surface area contributed by atoms with Crippen molar-refractivity contribution < 1.29 is 14.3 Å². The van der Waals surface area contributed by atoms with E-state index in [-0.39, 0.29) is 12.0 Å². The fourth-order valence-corrected chi connectivity index (χ4v) is 2.39. The summed E-state index contributed by atoms with van der Waals surface area (Å²) in [6.45, 7) is 5.82. The lowest BCUT2D eigenvalue weighted by Gasteiger charge is -2.13. The molecule has 0 aromatic heterocycles. The Balaban J connectivity index is 2.10. The second-order valence-electron chi connectivity index (χ2n) is 5.86. The molecular formula is C20H22ClNO3. The van der Waals surface area contributed by atoms with Gasteiger partial charge >= 0.3 is 0 Å². The van der Waals surface area contributed by atoms with Crippen molar-refractivity contribution in [2.75, 3.05) is 12.4 Å². The maximum absolute atomic E-state index is 12.1. The van der Waals surface area contributed by atoms with Crippen LogP contribution in [0.25, 0.3) is 6.08 Å². The molecule has 5 heteroatoms. The summed E-state index contributed by atoms with van der Waals surface area (Å²) in [7, 11) is 1.59. The summed E-state index contributed by atoms with van der Waals surface area (Å²) >= 11 is 5.96. The van der Waals surface area contributed by atoms with Gasteiger partial charge in [-0.05, 0) is 62.2 Å². The quantitative estimate of drug-likeness (QED) is 0.730. The van der Waals surface area contributed by atoms with E-state index >= 15 is 0 Å². The molecule has 2 rings (SSSR count). The van der Waals surface area contributed by atoms with E-state index in [0.717, 1.165) is 11.1 Å². The molecule has 4 nitrogen and oxygen atoms in total. The van der Waals surface area contributed by atoms with E-state index in [1.54, 1.807) is 25.3 Å². The number of benzene rings is 2. The molecule has 0 aliphatic carbocycles. The van der Waals surface area contributed by atoms with Gasteiger partial charge in [0.25, 0.3) is 0 Å². The molecular weight excluding hydrogens is 338 g/mol. The second kappa shape index (κ2) is 8.58. The molecule has 0 aliphatic rings. The number of carbonyl (C=O) groups is 1. The van der Waals surface area contributed by atoms with E-state index < -0.39 is 0 Å². The Hall–Kier alpha value is -2.46. The van der Waals surface area contributed by atoms with E-state index in [4.69, 9.17) is 21.1 Å². The Morgan fingerprint density at radius 3 is 2.60 bits per heavy atom. The number of ether oxygens (including phenoxy) is 2. The summed E-state index contributed by atoms with van der Waals surface area (Å²) in [6, 6.07) is 10.9. The minimum Gasteiger partial charge on any atom is -0.493 e. The highest BCUT2D eigenvalue weighted by molar-refractivity contribution is 6.31. The molecule has 0 fully saturated rings. The van der Waals surface area contributed by atoms with Crippen LogP contribution in [0.15, 0.2) is 42.5 Å². The van der Waals surface area contributed by atoms with Crippen LogP contribution >= 0.6 is 11.6 Å². The van der Waals surface area contributed by atoms with E-state index in [1.807, 2.05) is 45.0 Å². The predicted molar refractivity (Wildman–Crippen MR) is 103 cm³/mol. The highest BCUT2D eigenvalue weighted by Crippen LogP contribution is 2.29. The molecule has 0 saturated carbocycles. The molecule has 1 N–H and O–H groups in total. The van der Waals surface area contributed by atoms with Crippen LogP contribution in [0.4, 0.5) is 5.69 Å². The first-order valence-electron chi connectivity index (χ1n) is 7.99. The van der Waals surface area contributed by atoms with Gasteiger partial charge in [-0.25, -0.2) is 0 Å². The number of anilines is 1. The Bertz CT molecular complexity index is 785. The number of nitrogens with one attached hydrogen (secondary N) is 1. The Morgan fingerprint density at radius 2 is 1.92 bits per heavy atom. The van der Waals surface area contributed by atoms with Crippen LogP contribution in [-0.2, 0) is 4.79 Å². The van der Waals surface area contributed by atoms with E-state index in [2.05, 4.69) is 5.32 Å². The number of rotatable bonds is 6. The Morgan fingerprint density at radius 1 is 1.16 bits per heavy atom. The lowest BCUT2D eigenvalue weighted by molar-refractivity contribution is -0.111. The van der Waals surface area contributed by atoms with Crippen LogP contribution in [0.5, 0.6) is 11.5 Å². The van der Waals surface area contributed by atoms with E-state index in [9.17, 15) is 4.79 Å². The van der Waals surface area contributed by atoms with Crippen molar-refractivity contribution in [3.8, 4) is 11.5 Å². The fourth-order valence-electron chi connectivity index (χ4n) is 2.21. The molecule has 25 heavy (non-hydrogen) atoms. The molecule has 1 amide bonds. The number of carbonyl (C=O) groups excluding carboxylic acids is 1. The topological polar surface area (TPSA) is 47.6 Å². The number of halogens is 1. The molecule has 0 atom stereocenters. The summed E-state index contributed by atoms with van der Waals surface area (Å²) in [4.78, 5) is 12.1. The number of amides is 1. The number of hydrogen-bond donors (Lipinski definition) is 1. The minimum absolute atomic E-state index is 0.0574. The van der Waals surface area contributed by atoms with Crippen molar-refractivity contribution in [3.05, 3.63) is 58.6 Å². The molecule has 0 saturated heterocycles. The monoisotopic (exact) mass is 359 g/mol. The second-order valence-corrected chi connectivity index (χ2v) is 6.30. The van der Waals surface area contributed by atoms with Gasteiger partial charge in [0, 0.05) is 16.8 Å². The van der Waals surface area contributed by atoms with Gasteiger partial charge in [0.2, 0.25) is 5.91 Å². The van der Waals surface area contributed by atoms with E-state index in [0.29, 0.717) is 22.2 Å². The molecule has 2 aromatic rings. The van der Waals surface area contributed by atoms with Crippen molar-refractivity contribution in [2.24, 2.45) is 0 Å². The third kappa shape index (κ3) is 5.54. The highest BCUT2D eigenvalue weighted by Gasteiger charge is 2.07. The molecule has 2 aromatic carbocycles. The summed E-state index contributed by atoms with van der Waals surface area (Å²) in [5.74, 6) is 1.07. The van der Waals surface area contributed by atoms with Crippen LogP contribution in [0.1, 0.15) is 25.0 Å². The van der Waals surface area contributed by atoms with Gasteiger partial charge in [-0.3, -0.25) is 4.79 Å². The molecule has 132 valence electrons. The number of aryl methyl sites for hydroxylation is 1. The minimum atomic E-state index is -0.230. The SMILES string of the molecule is COc1cc(/C=C/C(=O)Nc2cc(Cl)ccc2C)ccc1OC(C)C. The smallest absolute Gasteiger partial charge is 0.248 e. The van der Waals surface area contributed by atoms with Crippen molar-refractivity contribution in [1.82, 2.24) is 0 Å². The number of methoxy groups -OCH3 is 1. The normalized spacial score (nSPS) is 11.0. The summed E-state index contributed by atoms with van der Waals surface area (Å²) in [5.41, 5.74) is 2.48. The molecule has 0 aliphatic heterocycles. The van der Waals surface area contributed by atoms with Gasteiger partial charge in [-0.1, -0.05) is 23.7 Å². The van der Waals surface area contributed by atoms with Crippen molar-refractivity contribution >= 4 is 29.3 Å². The molecule has 0 unspecified atom stereocenters. The van der Waals surface area contributed by atoms with Gasteiger partial charge in [-0.2, -0.15) is 0 Å². The summed E-state index contributed by atoms with van der Waals surface area (Å²) < 4.78 is 11.0. The highest BCUT2D eigenvalue weighted by atomic mass is 35.5. The van der Waals surface area contributed by atoms with Crippen molar-refractivity contribution in [2.45, 2.75) is 26.9 Å². The Labute approximate surface area is 153 Å². The Kier molecular flexibility index (Phi) is 6.48. The average Bonchev–Trinajstić information content (AvgIpc) is 2.56. The van der Waals surface area contributed by atoms with Gasteiger partial charge in [-0.15, -0.1) is 0 Å². The van der Waals surface area contributed by atoms with Crippen molar-refractivity contribution in [1.29, 1.82) is 0 Å². The predicted octanol–water partition coefficient (Wildman–Crippen LogP) is 5.10. The molecule has 0 heterocycles. The van der Waals surface area contributed by atoms with Crippen LogP contribution in [0, 0.1) is 6.92 Å². The standard InChI is InChI=1S/C20H22ClNO3/c1-13(2)25-18-9-6-15(11-19(18)24-4)7-10-20(23)22-17-12-16(21)8-5-14(17)3/h5-13H,1-4H3,(H,22,23)/b10-7+. The lowest BCUT2D eigenvalue weighted by Crippen LogP contribution is -2.09. The first-order valence-corrected chi connectivity index (χ1v) is 8.36. The third-order valence-corrected chi connectivity index (χ3v) is 3.67. The van der Waals surface area contributed by atoms with Gasteiger partial charge in [0.05, 0.1) is 13.2 Å². The van der Waals surface area contributed by atoms with Gasteiger partial charge < -0.3 is 14.8 Å². The maximum Gasteiger partial charge on any atom is 0.248 e. The van der Waals surface area contributed by atoms with Gasteiger partial charge in [0.15, 0.2) is 11.5 Å². The summed E-state index contributed by atoms with van der Waals surface area (Å²) in [5, 5.41) is 3.40. The molecule has 0 bridgehead atoms. The fraction of sp³-hybridized carbons (Fsp3) is 0.250. The average molecular weight is 360 g/mol. The summed E-state index contributed by atoms with van der Waals surface area (Å²) in [6.07, 6.45) is 3.25. The molecule has 0 radical (unpaired) electrons. The first-order chi connectivity index (χ1) is 11.9. The first kappa shape index (κ1) is 18.9. The largest absolute Gasteiger partial charge is 0.493 e. The van der Waals surface area contributed by atoms with Gasteiger partial charge in [0.1, 0.15) is 0 Å². The zero-order valence-electron chi connectivity index (χ0n) is 14.8. The van der Waals surface area contributed by atoms with Crippen LogP contribution in [0.3, 0.4) is 0 Å². The lowest BCUT2D eigenvalue weighted by atomic mass is 10.1. The zero-order valence-corrected chi connectivity index (χ0v) is 15.6. The van der Waals surface area contributed by atoms with Crippen LogP contribution < -0.4 is 14.8 Å². The van der Waals surface area contributed by atoms with E-state index in [1.165, 1.54) is 6.08 Å². The third-order valence-electron chi connectivity index (χ3n) is 3.43. The van der Waals surface area contributed by atoms with Crippen LogP contribution in [-0.4, -0.2) is 19.1 Å². The van der Waals surface area contributed by atoms with Crippen molar-refractivity contribution in [3.63, 3.8) is 0 Å². The maximum atomic E-state index is 12.1. The van der Waals surface area contributed by atoms with Crippen LogP contribution in [0.2, 0.25) is 5.02 Å². The number of hydrogen-bond acceptors (Lipinski definition) is 3.